The zero-order valence-corrected chi connectivity index (χ0v) is 16.7. The van der Waals surface area contributed by atoms with Crippen LogP contribution in [-0.2, 0) is 4.79 Å². The minimum Gasteiger partial charge on any atom is -0.343 e. The Kier molecular flexibility index (Phi) is 6.29. The van der Waals surface area contributed by atoms with Gasteiger partial charge in [0.2, 0.25) is 11.9 Å². The van der Waals surface area contributed by atoms with Crippen molar-refractivity contribution in [1.82, 2.24) is 9.91 Å². The predicted octanol–water partition coefficient (Wildman–Crippen LogP) is 3.63. The minimum absolute atomic E-state index is 0.0432. The summed E-state index contributed by atoms with van der Waals surface area (Å²) in [5.41, 5.74) is -0.137. The lowest BCUT2D eigenvalue weighted by Gasteiger charge is -2.29. The number of halogens is 4. The Morgan fingerprint density at radius 3 is 2.75 bits per heavy atom. The molecule has 1 aromatic rings. The van der Waals surface area contributed by atoms with Gasteiger partial charge in [-0.05, 0) is 37.5 Å². The Morgan fingerprint density at radius 1 is 1.32 bits per heavy atom. The van der Waals surface area contributed by atoms with E-state index in [4.69, 9.17) is 5.84 Å². The number of likely N-dealkylation sites (tertiary alicyclic amines) is 1. The van der Waals surface area contributed by atoms with Gasteiger partial charge in [-0.25, -0.2) is 10.8 Å². The highest BCUT2D eigenvalue weighted by molar-refractivity contribution is 9.10. The fraction of sp³-hybridized carbons (Fsp3) is 0.444. The molecule has 2 aliphatic heterocycles. The van der Waals surface area contributed by atoms with Gasteiger partial charge in [0.1, 0.15) is 0 Å². The van der Waals surface area contributed by atoms with Crippen LogP contribution in [0.4, 0.5) is 18.9 Å². The monoisotopic (exact) mass is 459 g/mol. The van der Waals surface area contributed by atoms with E-state index < -0.39 is 18.3 Å². The van der Waals surface area contributed by atoms with Crippen LogP contribution in [0.3, 0.4) is 0 Å². The van der Waals surface area contributed by atoms with Crippen LogP contribution in [0.1, 0.15) is 25.7 Å². The predicted molar refractivity (Wildman–Crippen MR) is 104 cm³/mol. The number of anilines is 1. The van der Waals surface area contributed by atoms with Crippen LogP contribution in [0.15, 0.2) is 45.0 Å². The first kappa shape index (κ1) is 20.7. The van der Waals surface area contributed by atoms with Gasteiger partial charge >= 0.3 is 6.18 Å². The first-order chi connectivity index (χ1) is 13.2. The van der Waals surface area contributed by atoms with Crippen molar-refractivity contribution < 1.29 is 18.0 Å². The number of nitrogens with two attached hydrogens (primary N) is 1. The third-order valence-corrected chi connectivity index (χ3v) is 5.12. The van der Waals surface area contributed by atoms with E-state index in [9.17, 15) is 18.0 Å². The molecular weight excluding hydrogens is 439 g/mol. The number of benzene rings is 1. The van der Waals surface area contributed by atoms with E-state index in [0.29, 0.717) is 31.6 Å². The highest BCUT2D eigenvalue weighted by atomic mass is 79.9. The summed E-state index contributed by atoms with van der Waals surface area (Å²) in [5, 5.41) is 3.92. The first-order valence-electron chi connectivity index (χ1n) is 8.94. The summed E-state index contributed by atoms with van der Waals surface area (Å²) in [6.07, 6.45) is -2.66. The van der Waals surface area contributed by atoms with Crippen LogP contribution >= 0.6 is 15.9 Å². The summed E-state index contributed by atoms with van der Waals surface area (Å²) >= 11 is 3.35. The van der Waals surface area contributed by atoms with E-state index in [1.807, 2.05) is 6.07 Å². The maximum atomic E-state index is 13.5. The molecule has 0 aliphatic carbocycles. The van der Waals surface area contributed by atoms with Crippen molar-refractivity contribution in [1.29, 1.82) is 0 Å². The van der Waals surface area contributed by atoms with Gasteiger partial charge in [-0.15, -0.1) is 0 Å². The van der Waals surface area contributed by atoms with Crippen molar-refractivity contribution >= 4 is 33.5 Å². The zero-order chi connectivity index (χ0) is 20.3. The number of nitrogens with one attached hydrogen (secondary N) is 1. The summed E-state index contributed by atoms with van der Waals surface area (Å²) in [4.78, 5) is 17.5. The van der Waals surface area contributed by atoms with E-state index >= 15 is 0 Å². The highest BCUT2D eigenvalue weighted by Crippen LogP contribution is 2.33. The smallest absolute Gasteiger partial charge is 0.343 e. The minimum atomic E-state index is -4.51. The van der Waals surface area contributed by atoms with E-state index in [0.717, 1.165) is 15.9 Å². The quantitative estimate of drug-likeness (QED) is 0.659. The normalized spacial score (nSPS) is 18.0. The fourth-order valence-corrected chi connectivity index (χ4v) is 3.63. The number of rotatable bonds is 5. The molecule has 1 fully saturated rings. The van der Waals surface area contributed by atoms with Crippen molar-refractivity contribution in [3.8, 4) is 0 Å². The topological polar surface area (TPSA) is 74.0 Å². The van der Waals surface area contributed by atoms with Gasteiger partial charge in [-0.3, -0.25) is 9.80 Å². The van der Waals surface area contributed by atoms with Crippen LogP contribution in [0.25, 0.3) is 0 Å². The number of alkyl halides is 3. The van der Waals surface area contributed by atoms with E-state index in [-0.39, 0.29) is 24.0 Å². The van der Waals surface area contributed by atoms with E-state index in [1.165, 1.54) is 0 Å². The van der Waals surface area contributed by atoms with Gasteiger partial charge < -0.3 is 10.2 Å². The van der Waals surface area contributed by atoms with E-state index in [2.05, 4.69) is 26.2 Å². The van der Waals surface area contributed by atoms with Crippen LogP contribution in [-0.4, -0.2) is 47.6 Å². The van der Waals surface area contributed by atoms with Crippen LogP contribution in [0.2, 0.25) is 0 Å². The lowest BCUT2D eigenvalue weighted by atomic mass is 10.1. The molecule has 6 nitrogen and oxygen atoms in total. The van der Waals surface area contributed by atoms with Crippen LogP contribution in [0.5, 0.6) is 0 Å². The molecule has 10 heteroatoms. The van der Waals surface area contributed by atoms with Crippen molar-refractivity contribution in [2.24, 2.45) is 10.8 Å². The molecule has 0 saturated carbocycles. The largest absolute Gasteiger partial charge is 0.416 e. The Labute approximate surface area is 169 Å². The Balaban J connectivity index is 1.77. The Hall–Kier alpha value is -2.07. The van der Waals surface area contributed by atoms with E-state index in [1.54, 1.807) is 23.1 Å². The van der Waals surface area contributed by atoms with Crippen molar-refractivity contribution in [3.05, 3.63) is 40.0 Å². The second-order valence-corrected chi connectivity index (χ2v) is 7.63. The number of hydrogen-bond acceptors (Lipinski definition) is 5. The molecule has 2 aliphatic rings. The number of carbonyl (C=O) groups excluding carboxylic acids is 1. The first-order valence-corrected chi connectivity index (χ1v) is 9.74. The molecule has 3 rings (SSSR count). The zero-order valence-electron chi connectivity index (χ0n) is 15.1. The molecule has 0 aromatic heterocycles. The number of amides is 1. The summed E-state index contributed by atoms with van der Waals surface area (Å²) in [6, 6.07) is 7.17. The van der Waals surface area contributed by atoms with Gasteiger partial charge in [0, 0.05) is 29.7 Å². The van der Waals surface area contributed by atoms with Crippen molar-refractivity contribution in [2.45, 2.75) is 31.9 Å². The lowest BCUT2D eigenvalue weighted by molar-refractivity contribution is -0.127. The molecule has 0 bridgehead atoms. The molecule has 0 atom stereocenters. The second-order valence-electron chi connectivity index (χ2n) is 6.71. The maximum absolute atomic E-state index is 13.5. The molecule has 0 unspecified atom stereocenters. The summed E-state index contributed by atoms with van der Waals surface area (Å²) in [6.45, 7) is 0.616. The summed E-state index contributed by atoms with van der Waals surface area (Å²) in [5.74, 6) is 6.01. The Bertz CT molecular complexity index is 809. The number of allylic oxidation sites excluding steroid dienone is 1. The number of carbonyl (C=O) groups is 1. The third-order valence-electron chi connectivity index (χ3n) is 4.63. The maximum Gasteiger partial charge on any atom is 0.416 e. The lowest BCUT2D eigenvalue weighted by Crippen LogP contribution is -2.47. The molecule has 0 radical (unpaired) electrons. The molecule has 28 heavy (non-hydrogen) atoms. The van der Waals surface area contributed by atoms with Gasteiger partial charge in [0.05, 0.1) is 17.8 Å². The number of hydrazine groups is 1. The number of guanidine groups is 1. The molecule has 1 saturated heterocycles. The summed E-state index contributed by atoms with van der Waals surface area (Å²) < 4.78 is 41.2. The molecule has 2 heterocycles. The van der Waals surface area contributed by atoms with Crippen LogP contribution < -0.4 is 11.2 Å². The fourth-order valence-electron chi connectivity index (χ4n) is 3.23. The van der Waals surface area contributed by atoms with Gasteiger partial charge in [-0.2, -0.15) is 13.2 Å². The Morgan fingerprint density at radius 2 is 2.11 bits per heavy atom. The molecule has 152 valence electrons. The van der Waals surface area contributed by atoms with Gasteiger partial charge in [0.25, 0.3) is 0 Å². The number of nitrogens with zero attached hydrogens (tertiary/aromatic N) is 3. The average molecular weight is 460 g/mol. The molecule has 1 aromatic carbocycles. The van der Waals surface area contributed by atoms with Gasteiger partial charge in [-0.1, -0.05) is 22.0 Å². The van der Waals surface area contributed by atoms with Crippen molar-refractivity contribution in [3.63, 3.8) is 0 Å². The SMILES string of the molecule is NN1CC(C(F)(F)F)=C(CCCN2CCCC2=O)N=C1Nc1cccc(Br)c1. The standard InChI is InChI=1S/C18H21BrF3N5O/c19-12-4-1-5-13(10-12)24-17-25-15(14(11-27(17)23)18(20,21)22)6-2-8-26-9-3-7-16(26)28/h1,4-5,10H,2-3,6-9,11,23H2,(H,24,25). The highest BCUT2D eigenvalue weighted by Gasteiger charge is 2.39. The molecule has 3 N–H and O–H groups in total. The van der Waals surface area contributed by atoms with Gasteiger partial charge in [0.15, 0.2) is 0 Å². The number of aliphatic imine (C=N–C) groups is 1. The second kappa shape index (κ2) is 8.52. The molecule has 1 amide bonds. The summed E-state index contributed by atoms with van der Waals surface area (Å²) in [7, 11) is 0. The number of hydrogen-bond donors (Lipinski definition) is 2. The average Bonchev–Trinajstić information content (AvgIpc) is 3.01. The van der Waals surface area contributed by atoms with Crippen LogP contribution in [0, 0.1) is 0 Å². The molecule has 0 spiro atoms. The molecular formula is C18H21BrF3N5O. The van der Waals surface area contributed by atoms with Crippen molar-refractivity contribution in [2.75, 3.05) is 25.0 Å². The third kappa shape index (κ3) is 5.05.